The van der Waals surface area contributed by atoms with E-state index in [0.717, 1.165) is 10.9 Å². The molecule has 0 saturated carbocycles. The highest BCUT2D eigenvalue weighted by atomic mass is 16.5. The molecule has 0 aliphatic rings. The molecule has 0 fully saturated rings. The van der Waals surface area contributed by atoms with Crippen molar-refractivity contribution in [3.63, 3.8) is 0 Å². The van der Waals surface area contributed by atoms with Crippen molar-refractivity contribution in [2.75, 3.05) is 12.3 Å². The van der Waals surface area contributed by atoms with Gasteiger partial charge >= 0.3 is 0 Å². The minimum absolute atomic E-state index is 0.378. The molecule has 0 atom stereocenters. The van der Waals surface area contributed by atoms with Crippen molar-refractivity contribution in [3.8, 4) is 17.5 Å². The first-order valence-corrected chi connectivity index (χ1v) is 6.68. The molecule has 21 heavy (non-hydrogen) atoms. The Bertz CT molecular complexity index is 774. The van der Waals surface area contributed by atoms with Crippen LogP contribution in [0.3, 0.4) is 0 Å². The van der Waals surface area contributed by atoms with E-state index in [0.29, 0.717) is 29.8 Å². The molecule has 2 aromatic heterocycles. The molecule has 2 N–H and O–H groups in total. The van der Waals surface area contributed by atoms with Gasteiger partial charge in [-0.15, -0.1) is 0 Å². The number of anilines is 1. The summed E-state index contributed by atoms with van der Waals surface area (Å²) < 4.78 is 11.1. The largest absolute Gasteiger partial charge is 0.476 e. The SMILES string of the molecule is CCOc1nc(Oc2cnc3ccccc3c2)ccc1N. The van der Waals surface area contributed by atoms with Crippen LogP contribution < -0.4 is 15.2 Å². The lowest BCUT2D eigenvalue weighted by Gasteiger charge is -2.09. The van der Waals surface area contributed by atoms with Gasteiger partial charge in [-0.3, -0.25) is 4.98 Å². The normalized spacial score (nSPS) is 10.5. The van der Waals surface area contributed by atoms with Gasteiger partial charge in [0.2, 0.25) is 11.8 Å². The lowest BCUT2D eigenvalue weighted by Crippen LogP contribution is -2.00. The number of para-hydroxylation sites is 1. The molecule has 2 heterocycles. The molecule has 3 aromatic rings. The number of hydrogen-bond donors (Lipinski definition) is 1. The Morgan fingerprint density at radius 3 is 2.86 bits per heavy atom. The van der Waals surface area contributed by atoms with E-state index in [1.165, 1.54) is 0 Å². The summed E-state index contributed by atoms with van der Waals surface area (Å²) in [6.07, 6.45) is 1.67. The Morgan fingerprint density at radius 2 is 2.00 bits per heavy atom. The molecule has 0 saturated heterocycles. The maximum absolute atomic E-state index is 5.79. The number of nitrogens with two attached hydrogens (primary N) is 1. The number of nitrogen functional groups attached to an aromatic ring is 1. The number of fused-ring (bicyclic) bond motifs is 1. The summed E-state index contributed by atoms with van der Waals surface area (Å²) in [5.41, 5.74) is 7.20. The van der Waals surface area contributed by atoms with Gasteiger partial charge in [0, 0.05) is 11.5 Å². The van der Waals surface area contributed by atoms with E-state index >= 15 is 0 Å². The number of ether oxygens (including phenoxy) is 2. The van der Waals surface area contributed by atoms with E-state index in [9.17, 15) is 0 Å². The first-order valence-electron chi connectivity index (χ1n) is 6.68. The van der Waals surface area contributed by atoms with E-state index in [4.69, 9.17) is 15.2 Å². The standard InChI is InChI=1S/C16H15N3O2/c1-2-20-16-13(17)7-8-15(19-16)21-12-9-11-5-3-4-6-14(11)18-10-12/h3-10H,2,17H2,1H3. The third-order valence-electron chi connectivity index (χ3n) is 2.93. The first-order chi connectivity index (χ1) is 10.3. The fourth-order valence-electron chi connectivity index (χ4n) is 1.97. The van der Waals surface area contributed by atoms with Crippen LogP contribution in [0, 0.1) is 0 Å². The Morgan fingerprint density at radius 1 is 1.14 bits per heavy atom. The van der Waals surface area contributed by atoms with Crippen LogP contribution in [0.2, 0.25) is 0 Å². The molecule has 5 heteroatoms. The third-order valence-corrected chi connectivity index (χ3v) is 2.93. The fourth-order valence-corrected chi connectivity index (χ4v) is 1.97. The maximum atomic E-state index is 5.79. The van der Waals surface area contributed by atoms with Crippen molar-refractivity contribution in [1.82, 2.24) is 9.97 Å². The molecule has 5 nitrogen and oxygen atoms in total. The molecule has 3 rings (SSSR count). The zero-order valence-electron chi connectivity index (χ0n) is 11.6. The molecule has 0 aliphatic carbocycles. The molecule has 0 radical (unpaired) electrons. The average Bonchev–Trinajstić information content (AvgIpc) is 2.51. The van der Waals surface area contributed by atoms with E-state index in [2.05, 4.69) is 9.97 Å². The number of hydrogen-bond acceptors (Lipinski definition) is 5. The molecular formula is C16H15N3O2. The third kappa shape index (κ3) is 2.86. The van der Waals surface area contributed by atoms with Crippen LogP contribution in [0.15, 0.2) is 48.7 Å². The molecular weight excluding hydrogens is 266 g/mol. The summed E-state index contributed by atoms with van der Waals surface area (Å²) in [5, 5.41) is 1.01. The second kappa shape index (κ2) is 5.66. The van der Waals surface area contributed by atoms with Gasteiger partial charge in [0.25, 0.3) is 0 Å². The van der Waals surface area contributed by atoms with E-state index in [1.807, 2.05) is 37.3 Å². The molecule has 106 valence electrons. The highest BCUT2D eigenvalue weighted by Gasteiger charge is 2.06. The Labute approximate surface area is 122 Å². The molecule has 1 aromatic carbocycles. The molecule has 0 spiro atoms. The van der Waals surface area contributed by atoms with E-state index < -0.39 is 0 Å². The van der Waals surface area contributed by atoms with Crippen molar-refractivity contribution in [1.29, 1.82) is 0 Å². The van der Waals surface area contributed by atoms with Crippen molar-refractivity contribution in [2.45, 2.75) is 6.92 Å². The second-order valence-electron chi connectivity index (χ2n) is 4.44. The summed E-state index contributed by atoms with van der Waals surface area (Å²) in [7, 11) is 0. The van der Waals surface area contributed by atoms with Gasteiger partial charge < -0.3 is 15.2 Å². The van der Waals surface area contributed by atoms with Crippen LogP contribution in [-0.4, -0.2) is 16.6 Å². The maximum Gasteiger partial charge on any atom is 0.240 e. The zero-order chi connectivity index (χ0) is 14.7. The minimum atomic E-state index is 0.378. The van der Waals surface area contributed by atoms with Crippen LogP contribution in [0.1, 0.15) is 6.92 Å². The predicted molar refractivity (Wildman–Crippen MR) is 81.6 cm³/mol. The Balaban J connectivity index is 1.89. The van der Waals surface area contributed by atoms with Crippen molar-refractivity contribution in [3.05, 3.63) is 48.7 Å². The van der Waals surface area contributed by atoms with Crippen LogP contribution in [0.25, 0.3) is 10.9 Å². The smallest absolute Gasteiger partial charge is 0.240 e. The van der Waals surface area contributed by atoms with Crippen molar-refractivity contribution < 1.29 is 9.47 Å². The summed E-state index contributed by atoms with van der Waals surface area (Å²) in [6.45, 7) is 2.38. The average molecular weight is 281 g/mol. The van der Waals surface area contributed by atoms with Gasteiger partial charge in [-0.25, -0.2) is 0 Å². The van der Waals surface area contributed by atoms with Gasteiger partial charge in [-0.1, -0.05) is 18.2 Å². The molecule has 0 aliphatic heterocycles. The van der Waals surface area contributed by atoms with Gasteiger partial charge in [-0.2, -0.15) is 4.98 Å². The quantitative estimate of drug-likeness (QED) is 0.793. The van der Waals surface area contributed by atoms with Crippen molar-refractivity contribution >= 4 is 16.6 Å². The second-order valence-corrected chi connectivity index (χ2v) is 4.44. The molecule has 0 amide bonds. The van der Waals surface area contributed by atoms with E-state index in [1.54, 1.807) is 18.3 Å². The summed E-state index contributed by atoms with van der Waals surface area (Å²) in [4.78, 5) is 8.59. The van der Waals surface area contributed by atoms with Gasteiger partial charge in [0.15, 0.2) is 0 Å². The van der Waals surface area contributed by atoms with Crippen molar-refractivity contribution in [2.24, 2.45) is 0 Å². The predicted octanol–water partition coefficient (Wildman–Crippen LogP) is 3.40. The first kappa shape index (κ1) is 13.2. The minimum Gasteiger partial charge on any atom is -0.476 e. The van der Waals surface area contributed by atoms with Crippen LogP contribution in [0.4, 0.5) is 5.69 Å². The lowest BCUT2D eigenvalue weighted by molar-refractivity contribution is 0.323. The van der Waals surface area contributed by atoms with Gasteiger partial charge in [0.05, 0.1) is 24.0 Å². The lowest BCUT2D eigenvalue weighted by atomic mass is 10.2. The number of pyridine rings is 2. The zero-order valence-corrected chi connectivity index (χ0v) is 11.6. The molecule has 0 unspecified atom stereocenters. The Kier molecular flexibility index (Phi) is 3.55. The number of nitrogens with zero attached hydrogens (tertiary/aromatic N) is 2. The summed E-state index contributed by atoms with van der Waals surface area (Å²) >= 11 is 0. The van der Waals surface area contributed by atoms with Crippen LogP contribution in [0.5, 0.6) is 17.5 Å². The topological polar surface area (TPSA) is 70.3 Å². The highest BCUT2D eigenvalue weighted by molar-refractivity contribution is 5.79. The van der Waals surface area contributed by atoms with Crippen LogP contribution in [-0.2, 0) is 0 Å². The Hall–Kier alpha value is -2.82. The van der Waals surface area contributed by atoms with E-state index in [-0.39, 0.29) is 0 Å². The highest BCUT2D eigenvalue weighted by Crippen LogP contribution is 2.27. The number of aromatic nitrogens is 2. The summed E-state index contributed by atoms with van der Waals surface area (Å²) in [5.74, 6) is 1.42. The molecule has 0 bridgehead atoms. The fraction of sp³-hybridized carbons (Fsp3) is 0.125. The van der Waals surface area contributed by atoms with Gasteiger partial charge in [-0.05, 0) is 25.1 Å². The monoisotopic (exact) mass is 281 g/mol. The van der Waals surface area contributed by atoms with Crippen LogP contribution >= 0.6 is 0 Å². The number of benzene rings is 1. The number of rotatable bonds is 4. The summed E-state index contributed by atoms with van der Waals surface area (Å²) in [6, 6.07) is 13.2. The van der Waals surface area contributed by atoms with Gasteiger partial charge in [0.1, 0.15) is 5.75 Å².